The average molecular weight is 253 g/mol. The molecule has 1 N–H and O–H groups in total. The number of ether oxygens (including phenoxy) is 1. The van der Waals surface area contributed by atoms with Crippen molar-refractivity contribution in [2.45, 2.75) is 65.5 Å². The maximum Gasteiger partial charge on any atom is 0.325 e. The predicted molar refractivity (Wildman–Crippen MR) is 72.2 cm³/mol. The van der Waals surface area contributed by atoms with Crippen LogP contribution in [0.2, 0.25) is 0 Å². The summed E-state index contributed by atoms with van der Waals surface area (Å²) in [5, 5.41) is 3.59. The molecule has 104 valence electrons. The maximum absolute atomic E-state index is 11.9. The highest BCUT2D eigenvalue weighted by Crippen LogP contribution is 2.62. The summed E-state index contributed by atoms with van der Waals surface area (Å²) in [6.07, 6.45) is 3.89. The smallest absolute Gasteiger partial charge is 0.325 e. The van der Waals surface area contributed by atoms with Crippen molar-refractivity contribution in [1.82, 2.24) is 5.32 Å². The number of rotatable bonds is 3. The van der Waals surface area contributed by atoms with Gasteiger partial charge in [0, 0.05) is 6.04 Å². The lowest BCUT2D eigenvalue weighted by Gasteiger charge is -2.46. The number of nitrogens with one attached hydrogen (secondary N) is 1. The Bertz CT molecular complexity index is 357. The molecule has 0 aromatic rings. The summed E-state index contributed by atoms with van der Waals surface area (Å²) < 4.78 is 4.91. The van der Waals surface area contributed by atoms with Crippen molar-refractivity contribution >= 4 is 5.97 Å². The minimum Gasteiger partial charge on any atom is -0.468 e. The van der Waals surface area contributed by atoms with Crippen molar-refractivity contribution in [3.63, 3.8) is 0 Å². The van der Waals surface area contributed by atoms with Gasteiger partial charge in [-0.3, -0.25) is 10.1 Å². The number of methoxy groups -OCH3 is 1. The highest BCUT2D eigenvalue weighted by Gasteiger charge is 2.60. The second-order valence-corrected chi connectivity index (χ2v) is 7.61. The van der Waals surface area contributed by atoms with Crippen LogP contribution in [0.3, 0.4) is 0 Å². The maximum atomic E-state index is 11.9. The van der Waals surface area contributed by atoms with Gasteiger partial charge in [0.15, 0.2) is 0 Å². The molecule has 0 saturated heterocycles. The third-order valence-corrected chi connectivity index (χ3v) is 5.47. The lowest BCUT2D eigenvalue weighted by atomic mass is 9.67. The molecule has 1 unspecified atom stereocenters. The first-order valence-electron chi connectivity index (χ1n) is 6.99. The van der Waals surface area contributed by atoms with Gasteiger partial charge < -0.3 is 4.74 Å². The first-order chi connectivity index (χ1) is 8.13. The fourth-order valence-electron chi connectivity index (χ4n) is 4.34. The minimum atomic E-state index is -0.607. The number of fused-ring (bicyclic) bond motifs is 2. The molecular formula is C15H27NO2. The number of carbonyl (C=O) groups is 1. The Kier molecular flexibility index (Phi) is 3.05. The summed E-state index contributed by atoms with van der Waals surface area (Å²) in [4.78, 5) is 11.9. The van der Waals surface area contributed by atoms with E-state index in [1.807, 2.05) is 13.8 Å². The molecule has 0 aromatic carbocycles. The molecule has 0 aromatic heterocycles. The fraction of sp³-hybridized carbons (Fsp3) is 0.933. The van der Waals surface area contributed by atoms with Crippen molar-refractivity contribution in [3.8, 4) is 0 Å². The van der Waals surface area contributed by atoms with Gasteiger partial charge in [0.05, 0.1) is 7.11 Å². The Balaban J connectivity index is 2.21. The number of carbonyl (C=O) groups excluding carboxylic acids is 1. The molecule has 0 amide bonds. The average Bonchev–Trinajstić information content (AvgIpc) is 2.74. The first kappa shape index (κ1) is 13.9. The van der Waals surface area contributed by atoms with Gasteiger partial charge in [-0.1, -0.05) is 20.8 Å². The zero-order valence-electron chi connectivity index (χ0n) is 12.6. The van der Waals surface area contributed by atoms with E-state index in [9.17, 15) is 4.79 Å². The molecule has 2 saturated carbocycles. The van der Waals surface area contributed by atoms with Gasteiger partial charge in [-0.2, -0.15) is 0 Å². The van der Waals surface area contributed by atoms with Gasteiger partial charge in [-0.05, 0) is 49.9 Å². The third-order valence-electron chi connectivity index (χ3n) is 5.47. The lowest BCUT2D eigenvalue weighted by molar-refractivity contribution is -0.148. The highest BCUT2D eigenvalue weighted by atomic mass is 16.5. The molecule has 0 radical (unpaired) electrons. The topological polar surface area (TPSA) is 38.3 Å². The zero-order chi connectivity index (χ0) is 13.8. The van der Waals surface area contributed by atoms with E-state index in [2.05, 4.69) is 26.1 Å². The van der Waals surface area contributed by atoms with E-state index in [0.29, 0.717) is 11.5 Å². The van der Waals surface area contributed by atoms with E-state index < -0.39 is 5.54 Å². The van der Waals surface area contributed by atoms with Crippen molar-refractivity contribution in [3.05, 3.63) is 0 Å². The van der Waals surface area contributed by atoms with Crippen LogP contribution >= 0.6 is 0 Å². The Morgan fingerprint density at radius 1 is 1.33 bits per heavy atom. The van der Waals surface area contributed by atoms with Gasteiger partial charge in [-0.25, -0.2) is 0 Å². The summed E-state index contributed by atoms with van der Waals surface area (Å²) >= 11 is 0. The molecule has 2 fully saturated rings. The van der Waals surface area contributed by atoms with Crippen molar-refractivity contribution < 1.29 is 9.53 Å². The zero-order valence-corrected chi connectivity index (χ0v) is 12.6. The van der Waals surface area contributed by atoms with E-state index in [4.69, 9.17) is 4.74 Å². The minimum absolute atomic E-state index is 0.176. The van der Waals surface area contributed by atoms with Crippen LogP contribution in [0.4, 0.5) is 0 Å². The fourth-order valence-corrected chi connectivity index (χ4v) is 4.34. The third kappa shape index (κ3) is 1.87. The second-order valence-electron chi connectivity index (χ2n) is 7.61. The van der Waals surface area contributed by atoms with Crippen LogP contribution in [0, 0.1) is 16.7 Å². The first-order valence-corrected chi connectivity index (χ1v) is 6.99. The Morgan fingerprint density at radius 3 is 2.39 bits per heavy atom. The second kappa shape index (κ2) is 3.96. The van der Waals surface area contributed by atoms with E-state index in [-0.39, 0.29) is 11.4 Å². The normalized spacial score (nSPS) is 37.9. The van der Waals surface area contributed by atoms with Gasteiger partial charge in [0.2, 0.25) is 0 Å². The van der Waals surface area contributed by atoms with Gasteiger partial charge >= 0.3 is 5.97 Å². The molecular weight excluding hydrogens is 226 g/mol. The summed E-state index contributed by atoms with van der Waals surface area (Å²) in [6, 6.07) is 0.387. The van der Waals surface area contributed by atoms with Crippen LogP contribution in [0.15, 0.2) is 0 Å². The summed E-state index contributed by atoms with van der Waals surface area (Å²) in [5.41, 5.74) is -0.0120. The molecule has 3 atom stereocenters. The molecule has 2 aliphatic rings. The van der Waals surface area contributed by atoms with Gasteiger partial charge in [0.1, 0.15) is 5.54 Å². The van der Waals surface area contributed by atoms with Crippen LogP contribution in [0.5, 0.6) is 0 Å². The summed E-state index contributed by atoms with van der Waals surface area (Å²) in [5.74, 6) is 0.609. The van der Waals surface area contributed by atoms with Crippen molar-refractivity contribution in [1.29, 1.82) is 0 Å². The van der Waals surface area contributed by atoms with Crippen molar-refractivity contribution in [2.75, 3.05) is 7.11 Å². The molecule has 2 aliphatic carbocycles. The van der Waals surface area contributed by atoms with Gasteiger partial charge in [0.25, 0.3) is 0 Å². The molecule has 3 heteroatoms. The predicted octanol–water partition coefficient (Wildman–Crippen LogP) is 2.74. The number of hydrogen-bond donors (Lipinski definition) is 1. The molecule has 0 heterocycles. The van der Waals surface area contributed by atoms with Crippen LogP contribution < -0.4 is 5.32 Å². The molecule has 3 nitrogen and oxygen atoms in total. The van der Waals surface area contributed by atoms with Crippen LogP contribution in [0.1, 0.15) is 53.9 Å². The lowest BCUT2D eigenvalue weighted by Crippen LogP contribution is -2.60. The summed E-state index contributed by atoms with van der Waals surface area (Å²) in [6.45, 7) is 10.9. The van der Waals surface area contributed by atoms with Crippen LogP contribution in [-0.2, 0) is 9.53 Å². The van der Waals surface area contributed by atoms with Crippen molar-refractivity contribution in [2.24, 2.45) is 16.7 Å². The Labute approximate surface area is 111 Å². The van der Waals surface area contributed by atoms with Gasteiger partial charge in [-0.15, -0.1) is 0 Å². The summed E-state index contributed by atoms with van der Waals surface area (Å²) in [7, 11) is 1.46. The number of esters is 1. The number of hydrogen-bond acceptors (Lipinski definition) is 3. The van der Waals surface area contributed by atoms with E-state index in [0.717, 1.165) is 5.92 Å². The van der Waals surface area contributed by atoms with Crippen LogP contribution in [0.25, 0.3) is 0 Å². The highest BCUT2D eigenvalue weighted by molar-refractivity contribution is 5.79. The van der Waals surface area contributed by atoms with E-state index >= 15 is 0 Å². The molecule has 2 bridgehead atoms. The monoisotopic (exact) mass is 253 g/mol. The SMILES string of the molecule is COC(=O)C(C)(C)NC1C(C)(C)[C@H]2CC[C@]1(C)C2. The largest absolute Gasteiger partial charge is 0.468 e. The molecule has 18 heavy (non-hydrogen) atoms. The quantitative estimate of drug-likeness (QED) is 0.786. The Hall–Kier alpha value is -0.570. The molecule has 0 spiro atoms. The van der Waals surface area contributed by atoms with Crippen LogP contribution in [-0.4, -0.2) is 24.7 Å². The molecule has 0 aliphatic heterocycles. The van der Waals surface area contributed by atoms with E-state index in [1.165, 1.54) is 26.4 Å². The standard InChI is InChI=1S/C15H27NO2/c1-13(2)10-7-8-15(5,9-10)11(13)16-14(3,4)12(17)18-6/h10-11,16H,7-9H2,1-6H3/t10-,11?,15+/m0/s1. The van der Waals surface area contributed by atoms with E-state index in [1.54, 1.807) is 0 Å². The molecule has 2 rings (SSSR count). The Morgan fingerprint density at radius 2 is 1.94 bits per heavy atom.